The number of ether oxygens (including phenoxy) is 1. The van der Waals surface area contributed by atoms with Gasteiger partial charge in [0, 0.05) is 12.1 Å². The molecule has 0 saturated carbocycles. The first-order valence-corrected chi connectivity index (χ1v) is 7.87. The third-order valence-corrected chi connectivity index (χ3v) is 4.51. The highest BCUT2D eigenvalue weighted by atomic mass is 16.5. The molecule has 3 heteroatoms. The molecule has 0 amide bonds. The zero-order valence-corrected chi connectivity index (χ0v) is 13.1. The van der Waals surface area contributed by atoms with Crippen molar-refractivity contribution < 1.29 is 4.74 Å². The van der Waals surface area contributed by atoms with Crippen LogP contribution in [0.3, 0.4) is 0 Å². The van der Waals surface area contributed by atoms with Gasteiger partial charge in [-0.25, -0.2) is 0 Å². The number of nitrogens with zero attached hydrogens (tertiary/aromatic N) is 1. The molecule has 0 bridgehead atoms. The molecule has 0 radical (unpaired) electrons. The van der Waals surface area contributed by atoms with Crippen molar-refractivity contribution >= 4 is 0 Å². The number of likely N-dealkylation sites (N-methyl/N-ethyl adjacent to an activating group) is 1. The number of rotatable bonds is 6. The second kappa shape index (κ2) is 7.09. The van der Waals surface area contributed by atoms with Crippen molar-refractivity contribution in [2.24, 2.45) is 5.73 Å². The standard InChI is InChI=1S/C17H28N2O/c1-4-6-11-19(5-2)16-10-7-13-12-14(20-3)8-9-15(13)17(16)18/h8-9,12,16-17H,4-7,10-11,18H2,1-3H3. The normalized spacial score (nSPS) is 21.9. The van der Waals surface area contributed by atoms with E-state index in [0.717, 1.165) is 31.7 Å². The maximum atomic E-state index is 6.55. The minimum Gasteiger partial charge on any atom is -0.497 e. The predicted octanol–water partition coefficient (Wildman–Crippen LogP) is 3.13. The highest BCUT2D eigenvalue weighted by Gasteiger charge is 2.30. The Bertz CT molecular complexity index is 433. The summed E-state index contributed by atoms with van der Waals surface area (Å²) in [6.07, 6.45) is 4.76. The summed E-state index contributed by atoms with van der Waals surface area (Å²) in [6, 6.07) is 6.93. The molecule has 2 unspecified atom stereocenters. The first-order chi connectivity index (χ1) is 9.71. The maximum absolute atomic E-state index is 6.55. The maximum Gasteiger partial charge on any atom is 0.119 e. The molecule has 2 N–H and O–H groups in total. The summed E-state index contributed by atoms with van der Waals surface area (Å²) in [5.74, 6) is 0.938. The van der Waals surface area contributed by atoms with Gasteiger partial charge in [0.25, 0.3) is 0 Å². The predicted molar refractivity (Wildman–Crippen MR) is 84.2 cm³/mol. The molecule has 2 rings (SSSR count). The highest BCUT2D eigenvalue weighted by Crippen LogP contribution is 2.33. The zero-order valence-electron chi connectivity index (χ0n) is 13.1. The van der Waals surface area contributed by atoms with Crippen molar-refractivity contribution in [3.63, 3.8) is 0 Å². The van der Waals surface area contributed by atoms with Crippen molar-refractivity contribution in [2.45, 2.75) is 51.6 Å². The van der Waals surface area contributed by atoms with E-state index >= 15 is 0 Å². The largest absolute Gasteiger partial charge is 0.497 e. The van der Waals surface area contributed by atoms with Crippen LogP contribution in [-0.4, -0.2) is 31.1 Å². The van der Waals surface area contributed by atoms with Crippen LogP contribution < -0.4 is 10.5 Å². The minimum absolute atomic E-state index is 0.126. The van der Waals surface area contributed by atoms with E-state index in [9.17, 15) is 0 Å². The number of benzene rings is 1. The van der Waals surface area contributed by atoms with Crippen LogP contribution in [0.1, 0.15) is 50.3 Å². The second-order valence-corrected chi connectivity index (χ2v) is 5.68. The quantitative estimate of drug-likeness (QED) is 0.867. The van der Waals surface area contributed by atoms with E-state index < -0.39 is 0 Å². The van der Waals surface area contributed by atoms with E-state index in [2.05, 4.69) is 30.9 Å². The smallest absolute Gasteiger partial charge is 0.119 e. The van der Waals surface area contributed by atoms with Gasteiger partial charge in [-0.3, -0.25) is 4.90 Å². The molecule has 1 aliphatic carbocycles. The molecular weight excluding hydrogens is 248 g/mol. The van der Waals surface area contributed by atoms with Gasteiger partial charge >= 0.3 is 0 Å². The zero-order chi connectivity index (χ0) is 14.5. The molecule has 20 heavy (non-hydrogen) atoms. The Labute approximate surface area is 123 Å². The summed E-state index contributed by atoms with van der Waals surface area (Å²) >= 11 is 0. The average Bonchev–Trinajstić information content (AvgIpc) is 2.49. The summed E-state index contributed by atoms with van der Waals surface area (Å²) in [7, 11) is 1.72. The fourth-order valence-electron chi connectivity index (χ4n) is 3.27. The van der Waals surface area contributed by atoms with Crippen LogP contribution in [0.4, 0.5) is 0 Å². The summed E-state index contributed by atoms with van der Waals surface area (Å²) in [6.45, 7) is 6.74. The number of nitrogens with two attached hydrogens (primary N) is 1. The second-order valence-electron chi connectivity index (χ2n) is 5.68. The van der Waals surface area contributed by atoms with Crippen molar-refractivity contribution in [3.8, 4) is 5.75 Å². The number of hydrogen-bond donors (Lipinski definition) is 1. The number of hydrogen-bond acceptors (Lipinski definition) is 3. The highest BCUT2D eigenvalue weighted by molar-refractivity contribution is 5.40. The van der Waals surface area contributed by atoms with Crippen LogP contribution in [0, 0.1) is 0 Å². The van der Waals surface area contributed by atoms with Crippen molar-refractivity contribution in [3.05, 3.63) is 29.3 Å². The van der Waals surface area contributed by atoms with Gasteiger partial charge in [0.2, 0.25) is 0 Å². The van der Waals surface area contributed by atoms with Gasteiger partial charge in [-0.2, -0.15) is 0 Å². The lowest BCUT2D eigenvalue weighted by Crippen LogP contribution is -2.45. The Morgan fingerprint density at radius 1 is 1.35 bits per heavy atom. The molecule has 0 aliphatic heterocycles. The van der Waals surface area contributed by atoms with Crippen molar-refractivity contribution in [2.75, 3.05) is 20.2 Å². The van der Waals surface area contributed by atoms with E-state index in [-0.39, 0.29) is 6.04 Å². The monoisotopic (exact) mass is 276 g/mol. The first kappa shape index (κ1) is 15.3. The lowest BCUT2D eigenvalue weighted by atomic mass is 9.83. The lowest BCUT2D eigenvalue weighted by molar-refractivity contribution is 0.160. The van der Waals surface area contributed by atoms with Crippen LogP contribution in [0.2, 0.25) is 0 Å². The molecule has 0 spiro atoms. The third kappa shape index (κ3) is 3.15. The van der Waals surface area contributed by atoms with Crippen LogP contribution in [0.5, 0.6) is 5.75 Å². The van der Waals surface area contributed by atoms with Gasteiger partial charge in [-0.1, -0.05) is 26.3 Å². The van der Waals surface area contributed by atoms with Crippen LogP contribution in [-0.2, 0) is 6.42 Å². The SMILES string of the molecule is CCCCN(CC)C1CCc2cc(OC)ccc2C1N. The molecule has 1 aliphatic rings. The molecule has 1 aromatic rings. The third-order valence-electron chi connectivity index (χ3n) is 4.51. The minimum atomic E-state index is 0.126. The molecule has 0 aromatic heterocycles. The van der Waals surface area contributed by atoms with Crippen molar-refractivity contribution in [1.29, 1.82) is 0 Å². The Kier molecular flexibility index (Phi) is 5.44. The van der Waals surface area contributed by atoms with E-state index in [1.807, 2.05) is 6.07 Å². The molecule has 3 nitrogen and oxygen atoms in total. The lowest BCUT2D eigenvalue weighted by Gasteiger charge is -2.39. The van der Waals surface area contributed by atoms with Gasteiger partial charge in [0.05, 0.1) is 7.11 Å². The number of methoxy groups -OCH3 is 1. The topological polar surface area (TPSA) is 38.5 Å². The van der Waals surface area contributed by atoms with Gasteiger partial charge in [0.1, 0.15) is 5.75 Å². The number of aryl methyl sites for hydroxylation is 1. The fourth-order valence-corrected chi connectivity index (χ4v) is 3.27. The molecule has 112 valence electrons. The van der Waals surface area contributed by atoms with Crippen molar-refractivity contribution in [1.82, 2.24) is 4.90 Å². The summed E-state index contributed by atoms with van der Waals surface area (Å²) in [5, 5.41) is 0. The molecule has 1 aromatic carbocycles. The number of unbranched alkanes of at least 4 members (excludes halogenated alkanes) is 1. The van der Waals surface area contributed by atoms with Gasteiger partial charge in [-0.15, -0.1) is 0 Å². The number of fused-ring (bicyclic) bond motifs is 1. The Balaban J connectivity index is 2.15. The molecule has 0 fully saturated rings. The average molecular weight is 276 g/mol. The first-order valence-electron chi connectivity index (χ1n) is 7.87. The van der Waals surface area contributed by atoms with E-state index in [0.29, 0.717) is 6.04 Å². The fraction of sp³-hybridized carbons (Fsp3) is 0.647. The molecular formula is C17H28N2O. The Morgan fingerprint density at radius 2 is 2.15 bits per heavy atom. The summed E-state index contributed by atoms with van der Waals surface area (Å²) < 4.78 is 5.31. The molecule has 0 heterocycles. The van der Waals surface area contributed by atoms with Crippen LogP contribution in [0.15, 0.2) is 18.2 Å². The van der Waals surface area contributed by atoms with Gasteiger partial charge in [0.15, 0.2) is 0 Å². The van der Waals surface area contributed by atoms with Gasteiger partial charge in [-0.05, 0) is 55.6 Å². The van der Waals surface area contributed by atoms with Crippen LogP contribution in [0.25, 0.3) is 0 Å². The Hall–Kier alpha value is -1.06. The van der Waals surface area contributed by atoms with Crippen LogP contribution >= 0.6 is 0 Å². The molecule has 2 atom stereocenters. The summed E-state index contributed by atoms with van der Waals surface area (Å²) in [5.41, 5.74) is 9.21. The summed E-state index contributed by atoms with van der Waals surface area (Å²) in [4.78, 5) is 2.56. The van der Waals surface area contributed by atoms with E-state index in [4.69, 9.17) is 10.5 Å². The van der Waals surface area contributed by atoms with E-state index in [1.54, 1.807) is 7.11 Å². The van der Waals surface area contributed by atoms with Gasteiger partial charge < -0.3 is 10.5 Å². The Morgan fingerprint density at radius 3 is 2.80 bits per heavy atom. The van der Waals surface area contributed by atoms with E-state index in [1.165, 1.54) is 24.0 Å². The molecule has 0 saturated heterocycles.